The smallest absolute Gasteiger partial charge is 0.335 e. The van der Waals surface area contributed by atoms with Gasteiger partial charge < -0.3 is 26.3 Å². The van der Waals surface area contributed by atoms with Crippen molar-refractivity contribution in [2.75, 3.05) is 23.8 Å². The molecule has 8 nitrogen and oxygen atoms in total. The van der Waals surface area contributed by atoms with Crippen molar-refractivity contribution in [2.24, 2.45) is 10.9 Å². The van der Waals surface area contributed by atoms with Crippen LogP contribution in [0.3, 0.4) is 0 Å². The summed E-state index contributed by atoms with van der Waals surface area (Å²) in [6, 6.07) is 12.0. The highest BCUT2D eigenvalue weighted by molar-refractivity contribution is 6.39. The van der Waals surface area contributed by atoms with Gasteiger partial charge in [0.05, 0.1) is 16.8 Å². The van der Waals surface area contributed by atoms with Crippen LogP contribution in [0.5, 0.6) is 0 Å². The van der Waals surface area contributed by atoms with Gasteiger partial charge in [-0.1, -0.05) is 23.4 Å². The number of carboxylic acids is 1. The van der Waals surface area contributed by atoms with Crippen LogP contribution in [0.1, 0.15) is 21.5 Å². The third-order valence-corrected chi connectivity index (χ3v) is 4.30. The molecule has 0 spiro atoms. The Labute approximate surface area is 166 Å². The Bertz CT molecular complexity index is 1030. The van der Waals surface area contributed by atoms with Crippen LogP contribution in [-0.4, -0.2) is 35.8 Å². The highest BCUT2D eigenvalue weighted by atomic mass is 35.5. The summed E-state index contributed by atoms with van der Waals surface area (Å²) in [6.45, 7) is 0.545. The number of nitrogens with zero attached hydrogens (tertiary/aromatic N) is 1. The Balaban J connectivity index is 0.00000225. The summed E-state index contributed by atoms with van der Waals surface area (Å²) in [7, 11) is 0. The third-order valence-electron chi connectivity index (χ3n) is 4.30. The number of rotatable bonds is 4. The summed E-state index contributed by atoms with van der Waals surface area (Å²) in [4.78, 5) is 29.3. The second kappa shape index (κ2) is 7.71. The molecule has 2 heterocycles. The minimum absolute atomic E-state index is 0. The molecule has 0 atom stereocenters. The molecule has 0 unspecified atom stereocenters. The summed E-state index contributed by atoms with van der Waals surface area (Å²) in [5, 5.41) is 19.4. The zero-order valence-electron chi connectivity index (χ0n) is 14.6. The van der Waals surface area contributed by atoms with Crippen LogP contribution >= 0.6 is 12.4 Å². The van der Waals surface area contributed by atoms with Crippen molar-refractivity contribution in [1.29, 1.82) is 0 Å². The maximum absolute atomic E-state index is 12.7. The number of carbonyl (C=O) groups is 2. The topological polar surface area (TPSA) is 126 Å². The highest BCUT2D eigenvalue weighted by Gasteiger charge is 2.34. The van der Waals surface area contributed by atoms with Crippen LogP contribution in [0.25, 0.3) is 5.57 Å². The number of oxime groups is 1. The molecule has 0 radical (unpaired) electrons. The lowest BCUT2D eigenvalue weighted by Crippen LogP contribution is -2.13. The van der Waals surface area contributed by atoms with Crippen LogP contribution in [0.4, 0.5) is 11.4 Å². The molecule has 1 amide bonds. The van der Waals surface area contributed by atoms with Crippen molar-refractivity contribution < 1.29 is 19.5 Å². The first-order chi connectivity index (χ1) is 13.1. The van der Waals surface area contributed by atoms with Gasteiger partial charge in [0.15, 0.2) is 0 Å². The Morgan fingerprint density at radius 3 is 2.61 bits per heavy atom. The van der Waals surface area contributed by atoms with E-state index in [1.807, 2.05) is 24.3 Å². The molecule has 0 bridgehead atoms. The van der Waals surface area contributed by atoms with Crippen LogP contribution in [0, 0.1) is 0 Å². The molecule has 4 rings (SSSR count). The first-order valence-electron chi connectivity index (χ1n) is 8.30. The number of amides is 1. The van der Waals surface area contributed by atoms with E-state index in [1.165, 1.54) is 12.1 Å². The van der Waals surface area contributed by atoms with Gasteiger partial charge in [0, 0.05) is 29.0 Å². The molecule has 0 saturated carbocycles. The second-order valence-corrected chi connectivity index (χ2v) is 6.00. The van der Waals surface area contributed by atoms with Crippen LogP contribution in [-0.2, 0) is 9.63 Å². The van der Waals surface area contributed by atoms with Gasteiger partial charge in [-0.05, 0) is 24.3 Å². The van der Waals surface area contributed by atoms with Gasteiger partial charge in [0.2, 0.25) is 0 Å². The summed E-state index contributed by atoms with van der Waals surface area (Å²) in [6.07, 6.45) is 0. The van der Waals surface area contributed by atoms with Crippen molar-refractivity contribution in [3.05, 3.63) is 64.9 Å². The van der Waals surface area contributed by atoms with Gasteiger partial charge >= 0.3 is 5.97 Å². The van der Waals surface area contributed by atoms with Gasteiger partial charge in [-0.15, -0.1) is 12.4 Å². The van der Waals surface area contributed by atoms with Crippen molar-refractivity contribution >= 4 is 46.9 Å². The number of carboxylic acid groups (broad SMARTS) is 1. The van der Waals surface area contributed by atoms with E-state index in [0.717, 1.165) is 11.3 Å². The monoisotopic (exact) mass is 400 g/mol. The quantitative estimate of drug-likeness (QED) is 0.354. The molecule has 9 heteroatoms. The number of anilines is 2. The summed E-state index contributed by atoms with van der Waals surface area (Å²) >= 11 is 0. The molecule has 0 aliphatic carbocycles. The van der Waals surface area contributed by atoms with E-state index < -0.39 is 5.97 Å². The highest BCUT2D eigenvalue weighted by Crippen LogP contribution is 2.39. The number of nitrogens with two attached hydrogens (primary N) is 1. The molecule has 0 fully saturated rings. The standard InChI is InChI=1S/C19H16N4O4.ClH/c20-7-8-27-23-16-11-3-1-2-4-13(11)21-17(16)15-12-9-10(19(25)26)5-6-14(12)22-18(15)24;/h1-6,9,21H,7-8,20H2,(H,22,24)(H,25,26);1H/b17-15-,23-16+;. The van der Waals surface area contributed by atoms with E-state index >= 15 is 0 Å². The van der Waals surface area contributed by atoms with E-state index in [-0.39, 0.29) is 30.5 Å². The number of hydrogen-bond acceptors (Lipinski definition) is 6. The van der Waals surface area contributed by atoms with Crippen molar-refractivity contribution in [2.45, 2.75) is 0 Å². The van der Waals surface area contributed by atoms with Gasteiger partial charge in [0.25, 0.3) is 5.91 Å². The predicted molar refractivity (Wildman–Crippen MR) is 108 cm³/mol. The number of aromatic carboxylic acids is 1. The maximum atomic E-state index is 12.7. The Morgan fingerprint density at radius 2 is 1.86 bits per heavy atom. The number of allylic oxidation sites excluding steroid dienone is 1. The number of para-hydroxylation sites is 1. The number of fused-ring (bicyclic) bond motifs is 2. The number of nitrogens with one attached hydrogen (secondary N) is 2. The molecule has 2 aliphatic heterocycles. The molecule has 144 valence electrons. The fraction of sp³-hybridized carbons (Fsp3) is 0.105. The number of carbonyl (C=O) groups excluding carboxylic acids is 1. The predicted octanol–water partition coefficient (Wildman–Crippen LogP) is 2.27. The molecular weight excluding hydrogens is 384 g/mol. The normalized spacial score (nSPS) is 18.0. The average Bonchev–Trinajstić information content (AvgIpc) is 3.17. The minimum Gasteiger partial charge on any atom is -0.478 e. The second-order valence-electron chi connectivity index (χ2n) is 6.00. The molecule has 2 aromatic carbocycles. The SMILES string of the molecule is Cl.NCCO/N=C1/C(=C2/C(=O)Nc3ccc(C(=O)O)cc32)Nc2ccccc21. The van der Waals surface area contributed by atoms with Crippen LogP contribution < -0.4 is 16.4 Å². The number of hydrogen-bond donors (Lipinski definition) is 4. The summed E-state index contributed by atoms with van der Waals surface area (Å²) in [5.41, 5.74) is 9.42. The van der Waals surface area contributed by atoms with Crippen LogP contribution in [0.15, 0.2) is 53.3 Å². The van der Waals surface area contributed by atoms with E-state index in [2.05, 4.69) is 15.8 Å². The molecular formula is C19H17ClN4O4. The lowest BCUT2D eigenvalue weighted by atomic mass is 9.99. The first kappa shape index (κ1) is 19.4. The Morgan fingerprint density at radius 1 is 1.11 bits per heavy atom. The lowest BCUT2D eigenvalue weighted by molar-refractivity contribution is -0.110. The maximum Gasteiger partial charge on any atom is 0.335 e. The minimum atomic E-state index is -1.07. The van der Waals surface area contributed by atoms with Crippen molar-refractivity contribution in [3.63, 3.8) is 0 Å². The average molecular weight is 401 g/mol. The first-order valence-corrected chi connectivity index (χ1v) is 8.30. The van der Waals surface area contributed by atoms with E-state index in [4.69, 9.17) is 10.6 Å². The zero-order valence-corrected chi connectivity index (χ0v) is 15.4. The molecule has 5 N–H and O–H groups in total. The van der Waals surface area contributed by atoms with Crippen LogP contribution in [0.2, 0.25) is 0 Å². The molecule has 28 heavy (non-hydrogen) atoms. The zero-order chi connectivity index (χ0) is 19.0. The van der Waals surface area contributed by atoms with E-state index in [1.54, 1.807) is 6.07 Å². The molecule has 0 aromatic heterocycles. The number of halogens is 1. The van der Waals surface area contributed by atoms with Gasteiger partial charge in [-0.2, -0.15) is 0 Å². The fourth-order valence-electron chi connectivity index (χ4n) is 3.11. The summed E-state index contributed by atoms with van der Waals surface area (Å²) in [5.74, 6) is -1.40. The van der Waals surface area contributed by atoms with Gasteiger partial charge in [0.1, 0.15) is 12.3 Å². The summed E-state index contributed by atoms with van der Waals surface area (Å²) < 4.78 is 0. The largest absolute Gasteiger partial charge is 0.478 e. The lowest BCUT2D eigenvalue weighted by Gasteiger charge is -2.07. The molecule has 2 aromatic rings. The Kier molecular flexibility index (Phi) is 5.34. The van der Waals surface area contributed by atoms with Crippen molar-refractivity contribution in [1.82, 2.24) is 0 Å². The van der Waals surface area contributed by atoms with Gasteiger partial charge in [-0.3, -0.25) is 4.79 Å². The molecule has 0 saturated heterocycles. The van der Waals surface area contributed by atoms with Gasteiger partial charge in [-0.25, -0.2) is 4.79 Å². The number of benzene rings is 2. The molecule has 2 aliphatic rings. The van der Waals surface area contributed by atoms with E-state index in [0.29, 0.717) is 34.8 Å². The third kappa shape index (κ3) is 3.19. The fourth-order valence-corrected chi connectivity index (χ4v) is 3.11. The van der Waals surface area contributed by atoms with Crippen molar-refractivity contribution in [3.8, 4) is 0 Å². The Hall–Kier alpha value is -3.36. The van der Waals surface area contributed by atoms with E-state index in [9.17, 15) is 14.7 Å².